The van der Waals surface area contributed by atoms with Crippen LogP contribution in [0.5, 0.6) is 0 Å². The van der Waals surface area contributed by atoms with E-state index in [4.69, 9.17) is 15.3 Å². The fourth-order valence-electron chi connectivity index (χ4n) is 0.979. The molecule has 0 aliphatic heterocycles. The fraction of sp³-hybridized carbons (Fsp3) is 0.273. The summed E-state index contributed by atoms with van der Waals surface area (Å²) in [5, 5.41) is 9.66. The van der Waals surface area contributed by atoms with Crippen molar-refractivity contribution in [3.8, 4) is 0 Å². The summed E-state index contributed by atoms with van der Waals surface area (Å²) in [6.07, 6.45) is 0.276. The van der Waals surface area contributed by atoms with Crippen molar-refractivity contribution in [2.24, 2.45) is 10.7 Å². The number of nitrogens with zero attached hydrogens (tertiary/aromatic N) is 1. The zero-order valence-corrected chi connectivity index (χ0v) is 8.54. The topological polar surface area (TPSA) is 74.3 Å². The molecule has 1 aromatic carbocycles. The molecule has 4 N–H and O–H groups in total. The van der Waals surface area contributed by atoms with Gasteiger partial charge in [-0.25, -0.2) is 0 Å². The Hall–Kier alpha value is -1.84. The summed E-state index contributed by atoms with van der Waals surface area (Å²) in [5.74, 6) is 0.181. The van der Waals surface area contributed by atoms with Crippen LogP contribution in [0.2, 0.25) is 0 Å². The van der Waals surface area contributed by atoms with Gasteiger partial charge in [0.15, 0.2) is 5.96 Å². The lowest BCUT2D eigenvalue weighted by molar-refractivity contribution is 0.955. The van der Waals surface area contributed by atoms with Gasteiger partial charge in [-0.15, -0.1) is 0 Å². The Morgan fingerprint density at radius 2 is 2.33 bits per heavy atom. The van der Waals surface area contributed by atoms with Gasteiger partial charge < -0.3 is 11.1 Å². The van der Waals surface area contributed by atoms with Crippen LogP contribution < -0.4 is 11.1 Å². The summed E-state index contributed by atoms with van der Waals surface area (Å²) < 4.78 is 22.7. The molecule has 0 bridgehead atoms. The fourth-order valence-corrected chi connectivity index (χ4v) is 0.979. The quantitative estimate of drug-likeness (QED) is 0.513. The number of hydrogen-bond donors (Lipinski definition) is 3. The maximum atomic E-state index is 7.72. The Bertz CT molecular complexity index is 453. The number of hydrogen-bond acceptors (Lipinski definition) is 2. The van der Waals surface area contributed by atoms with Crippen LogP contribution in [0.3, 0.4) is 0 Å². The third-order valence-corrected chi connectivity index (χ3v) is 1.58. The minimum absolute atomic E-state index is 0.0237. The van der Waals surface area contributed by atoms with E-state index in [0.29, 0.717) is 5.56 Å². The molecule has 0 aliphatic carbocycles. The lowest BCUT2D eigenvalue weighted by Crippen LogP contribution is -2.35. The van der Waals surface area contributed by atoms with Gasteiger partial charge in [-0.2, -0.15) is 0 Å². The van der Waals surface area contributed by atoms with Crippen molar-refractivity contribution >= 4 is 11.8 Å². The van der Waals surface area contributed by atoms with Gasteiger partial charge >= 0.3 is 0 Å². The number of rotatable bonds is 3. The summed E-state index contributed by atoms with van der Waals surface area (Å²) in [7, 11) is 0. The second kappa shape index (κ2) is 5.80. The monoisotopic (exact) mass is 207 g/mol. The van der Waals surface area contributed by atoms with Crippen molar-refractivity contribution in [1.29, 1.82) is 5.41 Å². The number of aliphatic imine (C=N–C) groups is 1. The third-order valence-electron chi connectivity index (χ3n) is 1.58. The normalized spacial score (nSPS) is 16.1. The van der Waals surface area contributed by atoms with Crippen molar-refractivity contribution in [2.45, 2.75) is 13.3 Å². The minimum atomic E-state index is -0.821. The second-order valence-electron chi connectivity index (χ2n) is 2.99. The van der Waals surface area contributed by atoms with E-state index in [1.54, 1.807) is 12.1 Å². The average molecular weight is 207 g/mol. The Kier molecular flexibility index (Phi) is 2.88. The Balaban J connectivity index is 2.69. The molecule has 0 heterocycles. The minimum Gasteiger partial charge on any atom is -0.370 e. The zero-order chi connectivity index (χ0) is 13.7. The molecular formula is C11H16N4. The molecular weight excluding hydrogens is 188 g/mol. The highest BCUT2D eigenvalue weighted by atomic mass is 15.1. The second-order valence-corrected chi connectivity index (χ2v) is 2.99. The molecule has 0 amide bonds. The van der Waals surface area contributed by atoms with Crippen molar-refractivity contribution in [2.75, 3.05) is 6.52 Å². The molecule has 0 fully saturated rings. The molecule has 15 heavy (non-hydrogen) atoms. The van der Waals surface area contributed by atoms with Crippen molar-refractivity contribution in [1.82, 2.24) is 5.32 Å². The predicted octanol–water partition coefficient (Wildman–Crippen LogP) is 1.13. The number of amidine groups is 1. The summed E-state index contributed by atoms with van der Waals surface area (Å²) >= 11 is 0. The number of guanidine groups is 1. The molecule has 0 saturated heterocycles. The van der Waals surface area contributed by atoms with Gasteiger partial charge in [0.1, 0.15) is 0 Å². The molecule has 4 heteroatoms. The van der Waals surface area contributed by atoms with Crippen molar-refractivity contribution < 1.29 is 4.11 Å². The molecule has 0 aromatic heterocycles. The maximum absolute atomic E-state index is 7.72. The van der Waals surface area contributed by atoms with E-state index in [2.05, 4.69) is 10.3 Å². The molecule has 4 nitrogen and oxygen atoms in total. The van der Waals surface area contributed by atoms with Crippen molar-refractivity contribution in [3.05, 3.63) is 35.8 Å². The molecule has 0 radical (unpaired) electrons. The summed E-state index contributed by atoms with van der Waals surface area (Å²) in [6, 6.07) is 5.12. The Labute approximate surface area is 93.9 Å². The van der Waals surface area contributed by atoms with Crippen LogP contribution in [0.15, 0.2) is 35.3 Å². The molecule has 80 valence electrons. The number of aryl methyl sites for hydroxylation is 1. The smallest absolute Gasteiger partial charge is 0.194 e. The zero-order valence-electron chi connectivity index (χ0n) is 11.5. The molecule has 1 atom stereocenters. The first-order valence-electron chi connectivity index (χ1n) is 6.09. The SMILES string of the molecule is [2H]c1cc([2H])cc(CC([2H])N=C(N)NC(C)=N)c1. The van der Waals surface area contributed by atoms with Gasteiger partial charge in [0.2, 0.25) is 0 Å². The van der Waals surface area contributed by atoms with Gasteiger partial charge in [-0.1, -0.05) is 30.3 Å². The van der Waals surface area contributed by atoms with Gasteiger partial charge in [0.05, 0.1) is 9.95 Å². The van der Waals surface area contributed by atoms with E-state index >= 15 is 0 Å². The van der Waals surface area contributed by atoms with Gasteiger partial charge in [0, 0.05) is 6.52 Å². The summed E-state index contributed by atoms with van der Waals surface area (Å²) in [6.45, 7) is 0.704. The lowest BCUT2D eigenvalue weighted by atomic mass is 10.2. The number of nitrogens with one attached hydrogen (secondary N) is 2. The molecule has 1 rings (SSSR count). The van der Waals surface area contributed by atoms with E-state index in [-0.39, 0.29) is 30.3 Å². The number of nitrogens with two attached hydrogens (primary N) is 1. The van der Waals surface area contributed by atoms with Gasteiger partial charge in [0.25, 0.3) is 0 Å². The van der Waals surface area contributed by atoms with Crippen LogP contribution in [0.25, 0.3) is 0 Å². The van der Waals surface area contributed by atoms with E-state index in [9.17, 15) is 0 Å². The van der Waals surface area contributed by atoms with E-state index in [1.165, 1.54) is 13.0 Å². The van der Waals surface area contributed by atoms with E-state index in [0.717, 1.165) is 0 Å². The van der Waals surface area contributed by atoms with Crippen LogP contribution in [0, 0.1) is 5.41 Å². The number of benzene rings is 1. The predicted molar refractivity (Wildman–Crippen MR) is 63.2 cm³/mol. The molecule has 0 spiro atoms. The molecule has 0 saturated carbocycles. The highest BCUT2D eigenvalue weighted by Gasteiger charge is 1.92. The van der Waals surface area contributed by atoms with E-state index < -0.39 is 6.52 Å². The van der Waals surface area contributed by atoms with Gasteiger partial charge in [-0.05, 0) is 18.9 Å². The first kappa shape index (κ1) is 7.45. The summed E-state index contributed by atoms with van der Waals surface area (Å²) in [5.41, 5.74) is 6.20. The van der Waals surface area contributed by atoms with Crippen LogP contribution in [0.1, 0.15) is 16.6 Å². The Morgan fingerprint density at radius 3 is 2.93 bits per heavy atom. The van der Waals surface area contributed by atoms with Crippen LogP contribution in [0.4, 0.5) is 0 Å². The Morgan fingerprint density at radius 1 is 1.67 bits per heavy atom. The molecule has 1 unspecified atom stereocenters. The van der Waals surface area contributed by atoms with Crippen LogP contribution in [-0.2, 0) is 6.42 Å². The first-order chi connectivity index (χ1) is 8.36. The average Bonchev–Trinajstić information content (AvgIpc) is 2.12. The van der Waals surface area contributed by atoms with E-state index in [1.807, 2.05) is 0 Å². The lowest BCUT2D eigenvalue weighted by Gasteiger charge is -2.02. The standard InChI is InChI=1S/C11H16N4/c1-9(12)15-11(13)14-8-7-10-5-3-2-4-6-10/h2-6H,7-8H2,1H3,(H4,12,13,14,15)/i3D,4D,8D. The highest BCUT2D eigenvalue weighted by molar-refractivity contribution is 5.96. The third kappa shape index (κ3) is 4.81. The first-order valence-corrected chi connectivity index (χ1v) is 4.51. The molecule has 0 aliphatic rings. The van der Waals surface area contributed by atoms with Gasteiger partial charge in [-0.3, -0.25) is 10.4 Å². The maximum Gasteiger partial charge on any atom is 0.194 e. The summed E-state index contributed by atoms with van der Waals surface area (Å²) in [4.78, 5) is 3.86. The molecule has 1 aromatic rings. The van der Waals surface area contributed by atoms with Crippen LogP contribution in [-0.4, -0.2) is 18.3 Å². The van der Waals surface area contributed by atoms with Crippen LogP contribution >= 0.6 is 0 Å². The largest absolute Gasteiger partial charge is 0.370 e. The highest BCUT2D eigenvalue weighted by Crippen LogP contribution is 1.98. The van der Waals surface area contributed by atoms with Crippen molar-refractivity contribution in [3.63, 3.8) is 0 Å².